The summed E-state index contributed by atoms with van der Waals surface area (Å²) in [6.07, 6.45) is 7.25. The molecule has 0 rings (SSSR count). The molecule has 0 aliphatic carbocycles. The summed E-state index contributed by atoms with van der Waals surface area (Å²) in [5, 5.41) is 0. The van der Waals surface area contributed by atoms with Gasteiger partial charge >= 0.3 is 11.9 Å². The molecule has 0 saturated heterocycles. The Hall–Kier alpha value is -1.32. The van der Waals surface area contributed by atoms with E-state index in [2.05, 4.69) is 6.92 Å². The molecule has 0 N–H and O–H groups in total. The van der Waals surface area contributed by atoms with Crippen molar-refractivity contribution in [2.45, 2.75) is 65.7 Å². The normalized spacial score (nSPS) is 9.95. The average Bonchev–Trinajstić information content (AvgIpc) is 2.38. The average molecular weight is 284 g/mol. The fourth-order valence-corrected chi connectivity index (χ4v) is 1.54. The minimum absolute atomic E-state index is 0.224. The monoisotopic (exact) mass is 284 g/mol. The number of esters is 2. The number of allylic oxidation sites excluding steroid dienone is 1. The maximum absolute atomic E-state index is 11.4. The number of carbonyl (C=O) groups is 2. The smallest absolute Gasteiger partial charge is 0.306 e. The number of rotatable bonds is 11. The molecule has 0 atom stereocenters. The van der Waals surface area contributed by atoms with Crippen molar-refractivity contribution in [2.24, 2.45) is 0 Å². The summed E-state index contributed by atoms with van der Waals surface area (Å²) in [7, 11) is 0. The second kappa shape index (κ2) is 12.7. The largest absolute Gasteiger partial charge is 0.466 e. The van der Waals surface area contributed by atoms with Crippen molar-refractivity contribution in [2.75, 3.05) is 13.2 Å². The highest BCUT2D eigenvalue weighted by molar-refractivity contribution is 5.72. The third-order valence-electron chi connectivity index (χ3n) is 2.76. The molecular formula is C16H28O4. The molecule has 0 unspecified atom stereocenters. The second-order valence-electron chi connectivity index (χ2n) is 5.10. The number of unbranched alkanes of at least 4 members (excludes halogenated alkanes) is 3. The lowest BCUT2D eigenvalue weighted by atomic mass is 10.2. The lowest BCUT2D eigenvalue weighted by Gasteiger charge is -2.05. The molecule has 0 aromatic carbocycles. The van der Waals surface area contributed by atoms with Crippen LogP contribution >= 0.6 is 0 Å². The van der Waals surface area contributed by atoms with E-state index < -0.39 is 0 Å². The molecule has 116 valence electrons. The molecule has 0 aromatic rings. The van der Waals surface area contributed by atoms with Crippen molar-refractivity contribution >= 4 is 11.9 Å². The van der Waals surface area contributed by atoms with Crippen molar-refractivity contribution < 1.29 is 19.1 Å². The Morgan fingerprint density at radius 1 is 0.900 bits per heavy atom. The highest BCUT2D eigenvalue weighted by Crippen LogP contribution is 2.03. The van der Waals surface area contributed by atoms with Gasteiger partial charge in [0.15, 0.2) is 0 Å². The van der Waals surface area contributed by atoms with Crippen LogP contribution in [0.3, 0.4) is 0 Å². The van der Waals surface area contributed by atoms with E-state index in [1.165, 1.54) is 12.8 Å². The van der Waals surface area contributed by atoms with Gasteiger partial charge in [-0.3, -0.25) is 9.59 Å². The Kier molecular flexibility index (Phi) is 11.9. The SMILES string of the molecule is CCCCCCOC(=O)CCCC(=O)OCC=C(C)C. The van der Waals surface area contributed by atoms with Crippen molar-refractivity contribution in [3.63, 3.8) is 0 Å². The summed E-state index contributed by atoms with van der Waals surface area (Å²) in [5.74, 6) is -0.489. The second-order valence-corrected chi connectivity index (χ2v) is 5.10. The molecule has 4 nitrogen and oxygen atoms in total. The predicted molar refractivity (Wildman–Crippen MR) is 79.3 cm³/mol. The molecular weight excluding hydrogens is 256 g/mol. The van der Waals surface area contributed by atoms with Crippen molar-refractivity contribution in [3.05, 3.63) is 11.6 Å². The Labute approximate surface area is 122 Å². The zero-order chi connectivity index (χ0) is 15.2. The van der Waals surface area contributed by atoms with Crippen LogP contribution in [0.15, 0.2) is 11.6 Å². The van der Waals surface area contributed by atoms with Gasteiger partial charge in [-0.05, 0) is 32.8 Å². The molecule has 0 aliphatic rings. The van der Waals surface area contributed by atoms with Crippen LogP contribution in [0.4, 0.5) is 0 Å². The first-order valence-corrected chi connectivity index (χ1v) is 7.50. The third kappa shape index (κ3) is 13.1. The van der Waals surface area contributed by atoms with Gasteiger partial charge in [0, 0.05) is 12.8 Å². The molecule has 0 fully saturated rings. The van der Waals surface area contributed by atoms with E-state index >= 15 is 0 Å². The molecule has 0 spiro atoms. The molecule has 0 radical (unpaired) electrons. The van der Waals surface area contributed by atoms with Crippen molar-refractivity contribution in [3.8, 4) is 0 Å². The Morgan fingerprint density at radius 2 is 1.55 bits per heavy atom. The first kappa shape index (κ1) is 18.7. The van der Waals surface area contributed by atoms with Crippen molar-refractivity contribution in [1.29, 1.82) is 0 Å². The van der Waals surface area contributed by atoms with Crippen LogP contribution in [0.2, 0.25) is 0 Å². The van der Waals surface area contributed by atoms with E-state index in [-0.39, 0.29) is 24.8 Å². The van der Waals surface area contributed by atoms with Gasteiger partial charge in [0.1, 0.15) is 6.61 Å². The zero-order valence-corrected chi connectivity index (χ0v) is 13.1. The van der Waals surface area contributed by atoms with Gasteiger partial charge in [-0.2, -0.15) is 0 Å². The number of hydrogen-bond acceptors (Lipinski definition) is 4. The molecule has 0 bridgehead atoms. The lowest BCUT2D eigenvalue weighted by molar-refractivity contribution is -0.145. The minimum atomic E-state index is -0.266. The highest BCUT2D eigenvalue weighted by atomic mass is 16.5. The number of hydrogen-bond donors (Lipinski definition) is 0. The van der Waals surface area contributed by atoms with Crippen LogP contribution in [-0.2, 0) is 19.1 Å². The van der Waals surface area contributed by atoms with Gasteiger partial charge in [-0.1, -0.05) is 31.8 Å². The number of carbonyl (C=O) groups excluding carboxylic acids is 2. The van der Waals surface area contributed by atoms with E-state index in [1.54, 1.807) is 0 Å². The van der Waals surface area contributed by atoms with Crippen LogP contribution in [0.25, 0.3) is 0 Å². The highest BCUT2D eigenvalue weighted by Gasteiger charge is 2.06. The first-order chi connectivity index (χ1) is 9.56. The maximum Gasteiger partial charge on any atom is 0.306 e. The van der Waals surface area contributed by atoms with E-state index in [1.807, 2.05) is 19.9 Å². The van der Waals surface area contributed by atoms with Crippen LogP contribution in [0.1, 0.15) is 65.7 Å². The van der Waals surface area contributed by atoms with Crippen LogP contribution < -0.4 is 0 Å². The molecule has 0 amide bonds. The molecule has 0 aliphatic heterocycles. The topological polar surface area (TPSA) is 52.6 Å². The van der Waals surface area contributed by atoms with Gasteiger partial charge in [0.05, 0.1) is 6.61 Å². The fraction of sp³-hybridized carbons (Fsp3) is 0.750. The molecule has 0 aromatic heterocycles. The third-order valence-corrected chi connectivity index (χ3v) is 2.76. The summed E-state index contributed by atoms with van der Waals surface area (Å²) in [5.41, 5.74) is 1.12. The van der Waals surface area contributed by atoms with Gasteiger partial charge in [-0.25, -0.2) is 0 Å². The van der Waals surface area contributed by atoms with Gasteiger partial charge in [-0.15, -0.1) is 0 Å². The van der Waals surface area contributed by atoms with E-state index in [4.69, 9.17) is 9.47 Å². The Morgan fingerprint density at radius 3 is 2.15 bits per heavy atom. The van der Waals surface area contributed by atoms with Gasteiger partial charge in [0.25, 0.3) is 0 Å². The van der Waals surface area contributed by atoms with E-state index in [9.17, 15) is 9.59 Å². The Balaban J connectivity index is 3.46. The zero-order valence-electron chi connectivity index (χ0n) is 13.1. The van der Waals surface area contributed by atoms with Crippen LogP contribution in [0.5, 0.6) is 0 Å². The minimum Gasteiger partial charge on any atom is -0.466 e. The first-order valence-electron chi connectivity index (χ1n) is 7.50. The summed E-state index contributed by atoms with van der Waals surface area (Å²) < 4.78 is 10.1. The summed E-state index contributed by atoms with van der Waals surface area (Å²) >= 11 is 0. The van der Waals surface area contributed by atoms with Crippen LogP contribution in [0, 0.1) is 0 Å². The van der Waals surface area contributed by atoms with E-state index in [0.717, 1.165) is 18.4 Å². The quantitative estimate of drug-likeness (QED) is 0.329. The predicted octanol–water partition coefficient (Wildman–Crippen LogP) is 3.79. The Bertz CT molecular complexity index is 304. The molecule has 20 heavy (non-hydrogen) atoms. The number of ether oxygens (including phenoxy) is 2. The van der Waals surface area contributed by atoms with E-state index in [0.29, 0.717) is 19.6 Å². The molecule has 4 heteroatoms. The summed E-state index contributed by atoms with van der Waals surface area (Å²) in [6, 6.07) is 0. The van der Waals surface area contributed by atoms with Crippen molar-refractivity contribution in [1.82, 2.24) is 0 Å². The summed E-state index contributed by atoms with van der Waals surface area (Å²) in [6.45, 7) is 6.84. The van der Waals surface area contributed by atoms with Crippen LogP contribution in [-0.4, -0.2) is 25.2 Å². The lowest BCUT2D eigenvalue weighted by Crippen LogP contribution is -2.09. The molecule has 0 saturated carbocycles. The molecule has 0 heterocycles. The van der Waals surface area contributed by atoms with Gasteiger partial charge in [0.2, 0.25) is 0 Å². The standard InChI is InChI=1S/C16H28O4/c1-4-5-6-7-12-19-15(17)9-8-10-16(18)20-13-11-14(2)3/h11H,4-10,12-13H2,1-3H3. The maximum atomic E-state index is 11.4. The fourth-order valence-electron chi connectivity index (χ4n) is 1.54. The summed E-state index contributed by atoms with van der Waals surface area (Å²) in [4.78, 5) is 22.7. The van der Waals surface area contributed by atoms with Gasteiger partial charge < -0.3 is 9.47 Å².